The van der Waals surface area contributed by atoms with E-state index in [4.69, 9.17) is 16.3 Å². The van der Waals surface area contributed by atoms with Gasteiger partial charge in [-0.1, -0.05) is 0 Å². The topological polar surface area (TPSA) is 50.4 Å². The molecule has 76 valence electrons. The number of hydrogen-bond acceptors (Lipinski definition) is 2. The Labute approximate surface area is 83.0 Å². The molecule has 0 saturated carbocycles. The molecule has 1 heterocycles. The summed E-state index contributed by atoms with van der Waals surface area (Å²) in [6.07, 6.45) is 2.33. The SMILES string of the molecule is O=C(NCCCl)NC[C@@H]1CCCO1. The van der Waals surface area contributed by atoms with Crippen molar-refractivity contribution in [2.45, 2.75) is 18.9 Å². The van der Waals surface area contributed by atoms with Gasteiger partial charge in [0.25, 0.3) is 0 Å². The normalized spacial score (nSPS) is 21.5. The second-order valence-corrected chi connectivity index (χ2v) is 3.34. The molecule has 2 amide bonds. The maximum absolute atomic E-state index is 11.0. The summed E-state index contributed by atoms with van der Waals surface area (Å²) < 4.78 is 5.34. The van der Waals surface area contributed by atoms with Gasteiger partial charge >= 0.3 is 6.03 Å². The zero-order valence-corrected chi connectivity index (χ0v) is 8.27. The molecular formula is C8H15ClN2O2. The van der Waals surface area contributed by atoms with Crippen LogP contribution in [-0.2, 0) is 4.74 Å². The van der Waals surface area contributed by atoms with Crippen molar-refractivity contribution in [2.24, 2.45) is 0 Å². The van der Waals surface area contributed by atoms with Crippen molar-refractivity contribution in [3.05, 3.63) is 0 Å². The number of halogens is 1. The van der Waals surface area contributed by atoms with E-state index in [2.05, 4.69) is 10.6 Å². The molecule has 1 aliphatic rings. The van der Waals surface area contributed by atoms with Gasteiger partial charge in [-0.15, -0.1) is 11.6 Å². The van der Waals surface area contributed by atoms with E-state index >= 15 is 0 Å². The lowest BCUT2D eigenvalue weighted by Gasteiger charge is -2.10. The van der Waals surface area contributed by atoms with Gasteiger partial charge in [-0.2, -0.15) is 0 Å². The van der Waals surface area contributed by atoms with E-state index in [0.29, 0.717) is 19.0 Å². The van der Waals surface area contributed by atoms with Gasteiger partial charge in [0.05, 0.1) is 6.10 Å². The summed E-state index contributed by atoms with van der Waals surface area (Å²) in [5.74, 6) is 0.438. The quantitative estimate of drug-likeness (QED) is 0.666. The van der Waals surface area contributed by atoms with Crippen molar-refractivity contribution in [2.75, 3.05) is 25.6 Å². The lowest BCUT2D eigenvalue weighted by atomic mass is 10.2. The van der Waals surface area contributed by atoms with Gasteiger partial charge in [0, 0.05) is 25.6 Å². The maximum atomic E-state index is 11.0. The smallest absolute Gasteiger partial charge is 0.314 e. The van der Waals surface area contributed by atoms with Crippen LogP contribution in [0.3, 0.4) is 0 Å². The Morgan fingerprint density at radius 2 is 2.38 bits per heavy atom. The minimum Gasteiger partial charge on any atom is -0.376 e. The predicted molar refractivity (Wildman–Crippen MR) is 51.1 cm³/mol. The van der Waals surface area contributed by atoms with Crippen LogP contribution >= 0.6 is 11.6 Å². The summed E-state index contributed by atoms with van der Waals surface area (Å²) in [5.41, 5.74) is 0. The molecule has 4 nitrogen and oxygen atoms in total. The number of alkyl halides is 1. The second-order valence-electron chi connectivity index (χ2n) is 2.96. The number of hydrogen-bond donors (Lipinski definition) is 2. The molecule has 0 aromatic heterocycles. The van der Waals surface area contributed by atoms with Gasteiger partial charge in [-0.25, -0.2) is 4.79 Å². The van der Waals surface area contributed by atoms with Gasteiger partial charge < -0.3 is 15.4 Å². The molecule has 2 N–H and O–H groups in total. The van der Waals surface area contributed by atoms with Crippen LogP contribution in [-0.4, -0.2) is 37.7 Å². The minimum atomic E-state index is -0.170. The lowest BCUT2D eigenvalue weighted by Crippen LogP contribution is -2.40. The van der Waals surface area contributed by atoms with Crippen LogP contribution in [0.1, 0.15) is 12.8 Å². The molecule has 1 saturated heterocycles. The third-order valence-corrected chi connectivity index (χ3v) is 2.08. The predicted octanol–water partition coefficient (Wildman–Crippen LogP) is 0.703. The first kappa shape index (κ1) is 10.6. The fourth-order valence-electron chi connectivity index (χ4n) is 1.24. The largest absolute Gasteiger partial charge is 0.376 e. The molecule has 0 aromatic rings. The highest BCUT2D eigenvalue weighted by molar-refractivity contribution is 6.18. The summed E-state index contributed by atoms with van der Waals surface area (Å²) in [6.45, 7) is 1.91. The van der Waals surface area contributed by atoms with Crippen molar-refractivity contribution >= 4 is 17.6 Å². The highest BCUT2D eigenvalue weighted by atomic mass is 35.5. The molecule has 13 heavy (non-hydrogen) atoms. The highest BCUT2D eigenvalue weighted by Crippen LogP contribution is 2.10. The first-order valence-electron chi connectivity index (χ1n) is 4.52. The molecule has 1 atom stereocenters. The summed E-state index contributed by atoms with van der Waals surface area (Å²) in [5, 5.41) is 5.34. The van der Waals surface area contributed by atoms with E-state index in [1.807, 2.05) is 0 Å². The maximum Gasteiger partial charge on any atom is 0.314 e. The molecule has 0 spiro atoms. The molecule has 1 aliphatic heterocycles. The zero-order valence-electron chi connectivity index (χ0n) is 7.51. The Morgan fingerprint density at radius 3 is 3.00 bits per heavy atom. The Morgan fingerprint density at radius 1 is 1.54 bits per heavy atom. The second kappa shape index (κ2) is 6.05. The average Bonchev–Trinajstić information content (AvgIpc) is 2.64. The van der Waals surface area contributed by atoms with Crippen LogP contribution in [0.2, 0.25) is 0 Å². The van der Waals surface area contributed by atoms with E-state index < -0.39 is 0 Å². The third kappa shape index (κ3) is 4.33. The van der Waals surface area contributed by atoms with Gasteiger partial charge in [0.1, 0.15) is 0 Å². The molecule has 1 fully saturated rings. The lowest BCUT2D eigenvalue weighted by molar-refractivity contribution is 0.111. The van der Waals surface area contributed by atoms with E-state index in [9.17, 15) is 4.79 Å². The number of urea groups is 1. The fourth-order valence-corrected chi connectivity index (χ4v) is 1.33. The van der Waals surface area contributed by atoms with Gasteiger partial charge in [0.15, 0.2) is 0 Å². The number of ether oxygens (including phenoxy) is 1. The van der Waals surface area contributed by atoms with Gasteiger partial charge in [0.2, 0.25) is 0 Å². The third-order valence-electron chi connectivity index (χ3n) is 1.89. The summed E-state index contributed by atoms with van der Waals surface area (Å²) >= 11 is 5.41. The molecule has 1 rings (SSSR count). The number of rotatable bonds is 4. The molecule has 0 aromatic carbocycles. The van der Waals surface area contributed by atoms with E-state index in [-0.39, 0.29) is 12.1 Å². The Hall–Kier alpha value is -0.480. The van der Waals surface area contributed by atoms with Crippen molar-refractivity contribution in [1.29, 1.82) is 0 Å². The fraction of sp³-hybridized carbons (Fsp3) is 0.875. The van der Waals surface area contributed by atoms with E-state index in [0.717, 1.165) is 19.4 Å². The summed E-state index contributed by atoms with van der Waals surface area (Å²) in [4.78, 5) is 11.0. The number of amides is 2. The Balaban J connectivity index is 2.00. The van der Waals surface area contributed by atoms with E-state index in [1.54, 1.807) is 0 Å². The summed E-state index contributed by atoms with van der Waals surface area (Å²) in [6, 6.07) is -0.170. The highest BCUT2D eigenvalue weighted by Gasteiger charge is 2.15. The van der Waals surface area contributed by atoms with Crippen molar-refractivity contribution in [1.82, 2.24) is 10.6 Å². The van der Waals surface area contributed by atoms with E-state index in [1.165, 1.54) is 0 Å². The van der Waals surface area contributed by atoms with Gasteiger partial charge in [-0.3, -0.25) is 0 Å². The van der Waals surface area contributed by atoms with Crippen LogP contribution in [0.15, 0.2) is 0 Å². The Kier molecular flexibility index (Phi) is 4.93. The molecular weight excluding hydrogens is 192 g/mol. The van der Waals surface area contributed by atoms with Crippen molar-refractivity contribution in [3.8, 4) is 0 Å². The average molecular weight is 207 g/mol. The Bertz CT molecular complexity index is 160. The van der Waals surface area contributed by atoms with Gasteiger partial charge in [-0.05, 0) is 12.8 Å². The first-order valence-corrected chi connectivity index (χ1v) is 5.05. The standard InChI is InChI=1S/C8H15ClN2O2/c9-3-4-10-8(12)11-6-7-2-1-5-13-7/h7H,1-6H2,(H2,10,11,12)/t7-/m0/s1. The van der Waals surface area contributed by atoms with Crippen molar-refractivity contribution in [3.63, 3.8) is 0 Å². The van der Waals surface area contributed by atoms with Crippen LogP contribution in [0.5, 0.6) is 0 Å². The van der Waals surface area contributed by atoms with Crippen LogP contribution in [0.4, 0.5) is 4.79 Å². The van der Waals surface area contributed by atoms with Crippen molar-refractivity contribution < 1.29 is 9.53 Å². The van der Waals surface area contributed by atoms with Crippen LogP contribution in [0.25, 0.3) is 0 Å². The van der Waals surface area contributed by atoms with Crippen LogP contribution < -0.4 is 10.6 Å². The van der Waals surface area contributed by atoms with Crippen LogP contribution in [0, 0.1) is 0 Å². The molecule has 5 heteroatoms. The monoisotopic (exact) mass is 206 g/mol. The molecule has 0 radical (unpaired) electrons. The zero-order chi connectivity index (χ0) is 9.52. The first-order chi connectivity index (χ1) is 6.33. The number of carbonyl (C=O) groups is 1. The number of nitrogens with one attached hydrogen (secondary N) is 2. The number of carbonyl (C=O) groups excluding carboxylic acids is 1. The molecule has 0 unspecified atom stereocenters. The minimum absolute atomic E-state index is 0.170. The molecule has 0 bridgehead atoms. The molecule has 0 aliphatic carbocycles. The summed E-state index contributed by atoms with van der Waals surface area (Å²) in [7, 11) is 0.